The highest BCUT2D eigenvalue weighted by atomic mass is 35.5. The van der Waals surface area contributed by atoms with Gasteiger partial charge in [-0.3, -0.25) is 9.59 Å². The van der Waals surface area contributed by atoms with E-state index in [1.807, 2.05) is 32.0 Å². The fourth-order valence-electron chi connectivity index (χ4n) is 3.21. The molecule has 0 fully saturated rings. The highest BCUT2D eigenvalue weighted by Gasteiger charge is 2.29. The third-order valence-electron chi connectivity index (χ3n) is 4.53. The fourth-order valence-corrected chi connectivity index (χ4v) is 3.38. The summed E-state index contributed by atoms with van der Waals surface area (Å²) >= 11 is 6.07. The van der Waals surface area contributed by atoms with Crippen LogP contribution in [0, 0.1) is 13.8 Å². The summed E-state index contributed by atoms with van der Waals surface area (Å²) in [5, 5.41) is 0.543. The number of aryl methyl sites for hydroxylation is 2. The van der Waals surface area contributed by atoms with Crippen molar-refractivity contribution < 1.29 is 9.59 Å². The maximum atomic E-state index is 13.5. The molecule has 9 heteroatoms. The molecule has 4 N–H and O–H groups in total. The number of carbonyl (C=O) groups is 2. The summed E-state index contributed by atoms with van der Waals surface area (Å²) in [6.07, 6.45) is 1.26. The van der Waals surface area contributed by atoms with Gasteiger partial charge in [-0.15, -0.1) is 0 Å². The summed E-state index contributed by atoms with van der Waals surface area (Å²) in [7, 11) is 0. The Hall–Kier alpha value is -3.65. The molecular formula is C20H17ClN6O2. The molecule has 0 spiro atoms. The van der Waals surface area contributed by atoms with E-state index < -0.39 is 11.8 Å². The van der Waals surface area contributed by atoms with Gasteiger partial charge in [0.1, 0.15) is 5.69 Å². The van der Waals surface area contributed by atoms with Crippen molar-refractivity contribution >= 4 is 46.1 Å². The maximum Gasteiger partial charge on any atom is 0.284 e. The molecule has 0 bridgehead atoms. The number of fused-ring (bicyclic) bond motifs is 1. The molecule has 2 heterocycles. The lowest BCUT2D eigenvalue weighted by atomic mass is 10.1. The van der Waals surface area contributed by atoms with Gasteiger partial charge in [0, 0.05) is 5.02 Å². The quantitative estimate of drug-likeness (QED) is 0.477. The van der Waals surface area contributed by atoms with Crippen LogP contribution in [0.25, 0.3) is 11.0 Å². The molecule has 0 saturated carbocycles. The Morgan fingerprint density at radius 1 is 1.14 bits per heavy atom. The summed E-state index contributed by atoms with van der Waals surface area (Å²) in [6.45, 7) is 3.86. The number of halogens is 1. The predicted octanol–water partition coefficient (Wildman–Crippen LogP) is 3.63. The first kappa shape index (κ1) is 18.7. The number of rotatable bonds is 4. The zero-order valence-electron chi connectivity index (χ0n) is 15.7. The van der Waals surface area contributed by atoms with Crippen molar-refractivity contribution in [3.63, 3.8) is 0 Å². The van der Waals surface area contributed by atoms with E-state index in [1.54, 1.807) is 18.2 Å². The standard InChI is InChI=1S/C20H17ClN6O2/c1-10-3-6-15(11(2)7-10)27(19(29)17-16(18(22)28)23-9-24-17)20-25-13-5-4-12(21)8-14(13)26-20/h3-9H,1-2H3,(H2,22,28)(H,23,24)(H,25,26). The van der Waals surface area contributed by atoms with Gasteiger partial charge in [0.15, 0.2) is 5.69 Å². The number of nitrogens with two attached hydrogens (primary N) is 1. The van der Waals surface area contributed by atoms with Gasteiger partial charge < -0.3 is 15.7 Å². The monoisotopic (exact) mass is 408 g/mol. The van der Waals surface area contributed by atoms with Crippen molar-refractivity contribution in [3.05, 3.63) is 70.3 Å². The Morgan fingerprint density at radius 3 is 2.66 bits per heavy atom. The number of primary amides is 1. The number of imidazole rings is 2. The average Bonchev–Trinajstić information content (AvgIpc) is 3.30. The Balaban J connectivity index is 1.92. The maximum absolute atomic E-state index is 13.5. The number of hydrogen-bond acceptors (Lipinski definition) is 4. The average molecular weight is 409 g/mol. The molecule has 8 nitrogen and oxygen atoms in total. The number of H-pyrrole nitrogens is 2. The number of aromatic amines is 2. The van der Waals surface area contributed by atoms with E-state index >= 15 is 0 Å². The van der Waals surface area contributed by atoms with Gasteiger partial charge in [0.2, 0.25) is 5.95 Å². The van der Waals surface area contributed by atoms with Crippen molar-refractivity contribution in [1.82, 2.24) is 19.9 Å². The zero-order chi connectivity index (χ0) is 20.7. The summed E-state index contributed by atoms with van der Waals surface area (Å²) in [5.41, 5.74) is 9.06. The van der Waals surface area contributed by atoms with Crippen molar-refractivity contribution in [3.8, 4) is 0 Å². The van der Waals surface area contributed by atoms with Gasteiger partial charge in [-0.05, 0) is 43.7 Å². The molecule has 0 radical (unpaired) electrons. The number of aromatic nitrogens is 4. The lowest BCUT2D eigenvalue weighted by Gasteiger charge is -2.22. The second-order valence-corrected chi connectivity index (χ2v) is 7.08. The highest BCUT2D eigenvalue weighted by molar-refractivity contribution is 6.31. The van der Waals surface area contributed by atoms with Gasteiger partial charge >= 0.3 is 0 Å². The second-order valence-electron chi connectivity index (χ2n) is 6.64. The molecule has 4 aromatic rings. The number of nitrogens with one attached hydrogen (secondary N) is 2. The molecule has 2 aromatic heterocycles. The van der Waals surface area contributed by atoms with Crippen LogP contribution in [0.5, 0.6) is 0 Å². The van der Waals surface area contributed by atoms with E-state index in [1.165, 1.54) is 11.2 Å². The summed E-state index contributed by atoms with van der Waals surface area (Å²) in [5.74, 6) is -1.04. The normalized spacial score (nSPS) is 11.0. The molecule has 146 valence electrons. The highest BCUT2D eigenvalue weighted by Crippen LogP contribution is 2.31. The Labute approximate surface area is 170 Å². The smallest absolute Gasteiger partial charge is 0.284 e. The summed E-state index contributed by atoms with van der Waals surface area (Å²) < 4.78 is 0. The van der Waals surface area contributed by atoms with Crippen molar-refractivity contribution in [2.75, 3.05) is 4.90 Å². The van der Waals surface area contributed by atoms with E-state index in [4.69, 9.17) is 17.3 Å². The van der Waals surface area contributed by atoms with Crippen LogP contribution in [0.3, 0.4) is 0 Å². The lowest BCUT2D eigenvalue weighted by molar-refractivity contribution is 0.0961. The van der Waals surface area contributed by atoms with Gasteiger partial charge in [0.25, 0.3) is 11.8 Å². The number of anilines is 2. The number of nitrogens with zero attached hydrogens (tertiary/aromatic N) is 3. The SMILES string of the molecule is Cc1ccc(N(C(=O)c2[nH]cnc2C(N)=O)c2nc3ccc(Cl)cc3[nH]2)c(C)c1. The van der Waals surface area contributed by atoms with Gasteiger partial charge in [-0.1, -0.05) is 29.3 Å². The van der Waals surface area contributed by atoms with E-state index in [2.05, 4.69) is 19.9 Å². The molecule has 29 heavy (non-hydrogen) atoms. The van der Waals surface area contributed by atoms with Crippen molar-refractivity contribution in [2.24, 2.45) is 5.73 Å². The lowest BCUT2D eigenvalue weighted by Crippen LogP contribution is -2.30. The van der Waals surface area contributed by atoms with Gasteiger partial charge in [-0.25, -0.2) is 14.9 Å². The van der Waals surface area contributed by atoms with E-state index in [0.29, 0.717) is 21.7 Å². The minimum atomic E-state index is -0.799. The topological polar surface area (TPSA) is 121 Å². The molecule has 2 amide bonds. The Morgan fingerprint density at radius 2 is 1.93 bits per heavy atom. The second kappa shape index (κ2) is 7.06. The first-order chi connectivity index (χ1) is 13.8. The number of amides is 2. The third kappa shape index (κ3) is 3.34. The van der Waals surface area contributed by atoms with Crippen LogP contribution in [-0.2, 0) is 0 Å². The van der Waals surface area contributed by atoms with E-state index in [-0.39, 0.29) is 17.3 Å². The van der Waals surface area contributed by atoms with Gasteiger partial charge in [-0.2, -0.15) is 0 Å². The molecule has 0 aliphatic heterocycles. The summed E-state index contributed by atoms with van der Waals surface area (Å²) in [6, 6.07) is 10.9. The Kier molecular flexibility index (Phi) is 4.56. The van der Waals surface area contributed by atoms with Crippen LogP contribution < -0.4 is 10.6 Å². The van der Waals surface area contributed by atoms with Crippen LogP contribution in [0.4, 0.5) is 11.6 Å². The van der Waals surface area contributed by atoms with Crippen molar-refractivity contribution in [1.29, 1.82) is 0 Å². The van der Waals surface area contributed by atoms with Gasteiger partial charge in [0.05, 0.1) is 23.0 Å². The Bertz CT molecular complexity index is 1260. The fraction of sp³-hybridized carbons (Fsp3) is 0.100. The molecular weight excluding hydrogens is 392 g/mol. The molecule has 4 rings (SSSR count). The van der Waals surface area contributed by atoms with E-state index in [9.17, 15) is 9.59 Å². The van der Waals surface area contributed by atoms with Crippen molar-refractivity contribution in [2.45, 2.75) is 13.8 Å². The number of carbonyl (C=O) groups excluding carboxylic acids is 2. The largest absolute Gasteiger partial charge is 0.364 e. The molecule has 0 atom stereocenters. The van der Waals surface area contributed by atoms with Crippen LogP contribution >= 0.6 is 11.6 Å². The molecule has 0 unspecified atom stereocenters. The predicted molar refractivity (Wildman–Crippen MR) is 111 cm³/mol. The molecule has 0 saturated heterocycles. The molecule has 0 aliphatic carbocycles. The molecule has 2 aromatic carbocycles. The third-order valence-corrected chi connectivity index (χ3v) is 4.76. The van der Waals surface area contributed by atoms with Crippen LogP contribution in [0.1, 0.15) is 32.1 Å². The minimum Gasteiger partial charge on any atom is -0.364 e. The number of hydrogen-bond donors (Lipinski definition) is 3. The van der Waals surface area contributed by atoms with Crippen LogP contribution in [-0.4, -0.2) is 31.8 Å². The van der Waals surface area contributed by atoms with E-state index in [0.717, 1.165) is 11.1 Å². The number of benzene rings is 2. The van der Waals surface area contributed by atoms with Crippen LogP contribution in [0.2, 0.25) is 5.02 Å². The minimum absolute atomic E-state index is 0.0176. The summed E-state index contributed by atoms with van der Waals surface area (Å²) in [4.78, 5) is 40.8. The first-order valence-electron chi connectivity index (χ1n) is 8.75. The first-order valence-corrected chi connectivity index (χ1v) is 9.13. The molecule has 0 aliphatic rings. The van der Waals surface area contributed by atoms with Crippen LogP contribution in [0.15, 0.2) is 42.7 Å². The zero-order valence-corrected chi connectivity index (χ0v) is 16.4.